The van der Waals surface area contributed by atoms with Crippen molar-refractivity contribution in [1.29, 1.82) is 0 Å². The highest BCUT2D eigenvalue weighted by atomic mass is 32.2. The Morgan fingerprint density at radius 2 is 1.81 bits per heavy atom. The van der Waals surface area contributed by atoms with Gasteiger partial charge in [-0.3, -0.25) is 0 Å². The Balaban J connectivity index is 1.74. The van der Waals surface area contributed by atoms with Crippen molar-refractivity contribution in [2.75, 3.05) is 5.75 Å². The molecule has 2 aromatic carbocycles. The molecule has 2 amide bonds. The Labute approximate surface area is 164 Å². The van der Waals surface area contributed by atoms with Gasteiger partial charge in [-0.1, -0.05) is 42.0 Å². The summed E-state index contributed by atoms with van der Waals surface area (Å²) in [5.74, 6) is 0.762. The number of thioether (sulfide) groups is 1. The van der Waals surface area contributed by atoms with E-state index in [4.69, 9.17) is 0 Å². The fourth-order valence-electron chi connectivity index (χ4n) is 3.02. The van der Waals surface area contributed by atoms with Crippen LogP contribution in [-0.2, 0) is 10.0 Å². The number of carbonyl (C=O) groups excluding carboxylic acids is 1. The Morgan fingerprint density at radius 3 is 2.44 bits per heavy atom. The van der Waals surface area contributed by atoms with Crippen LogP contribution in [0.25, 0.3) is 0 Å². The summed E-state index contributed by atoms with van der Waals surface area (Å²) < 4.78 is 26.9. The normalized spacial score (nSPS) is 19.7. The lowest BCUT2D eigenvalue weighted by atomic mass is 10.1. The van der Waals surface area contributed by atoms with E-state index in [9.17, 15) is 13.2 Å². The lowest BCUT2D eigenvalue weighted by Gasteiger charge is -2.23. The summed E-state index contributed by atoms with van der Waals surface area (Å²) in [6, 6.07) is 14.9. The van der Waals surface area contributed by atoms with Crippen molar-refractivity contribution >= 4 is 27.8 Å². The van der Waals surface area contributed by atoms with Crippen LogP contribution in [0.1, 0.15) is 12.0 Å². The maximum Gasteiger partial charge on any atom is 0.332 e. The zero-order valence-electron chi connectivity index (χ0n) is 15.0. The minimum atomic E-state index is -3.93. The van der Waals surface area contributed by atoms with Crippen molar-refractivity contribution in [2.45, 2.75) is 35.2 Å². The molecule has 5 nitrogen and oxygen atoms in total. The van der Waals surface area contributed by atoms with Gasteiger partial charge in [0.25, 0.3) is 10.0 Å². The SMILES string of the molecule is C=C[C@@H]1[C@H](CCSc2ccccc2)NC(=O)N1S(=O)(=O)c1ccc(C)cc1. The average Bonchev–Trinajstić information content (AvgIpc) is 2.99. The number of sulfonamides is 1. The van der Waals surface area contributed by atoms with Crippen molar-refractivity contribution in [3.63, 3.8) is 0 Å². The van der Waals surface area contributed by atoms with E-state index >= 15 is 0 Å². The molecule has 0 radical (unpaired) electrons. The molecule has 2 atom stereocenters. The molecule has 0 spiro atoms. The highest BCUT2D eigenvalue weighted by Crippen LogP contribution is 2.28. The minimum absolute atomic E-state index is 0.106. The average molecular weight is 403 g/mol. The molecule has 1 heterocycles. The largest absolute Gasteiger partial charge is 0.332 e. The van der Waals surface area contributed by atoms with Crippen molar-refractivity contribution in [3.05, 3.63) is 72.8 Å². The Morgan fingerprint density at radius 1 is 1.15 bits per heavy atom. The molecule has 0 unspecified atom stereocenters. The number of aryl methyl sites for hydroxylation is 1. The molecule has 2 aromatic rings. The summed E-state index contributed by atoms with van der Waals surface area (Å²) in [5.41, 5.74) is 0.955. The fraction of sp³-hybridized carbons (Fsp3) is 0.250. The third-order valence-electron chi connectivity index (χ3n) is 4.45. The smallest absolute Gasteiger partial charge is 0.332 e. The quantitative estimate of drug-likeness (QED) is 0.565. The van der Waals surface area contributed by atoms with Gasteiger partial charge in [-0.2, -0.15) is 0 Å². The van der Waals surface area contributed by atoms with E-state index in [1.165, 1.54) is 18.2 Å². The van der Waals surface area contributed by atoms with E-state index in [0.29, 0.717) is 6.42 Å². The standard InChI is InChI=1S/C20H22N2O3S2/c1-3-19-18(13-14-26-16-7-5-4-6-8-16)21-20(23)22(19)27(24,25)17-11-9-15(2)10-12-17/h3-12,18-19H,1,13-14H2,2H3,(H,21,23)/t18-,19+/m0/s1. The number of hydrogen-bond donors (Lipinski definition) is 1. The second-order valence-electron chi connectivity index (χ2n) is 6.35. The first-order valence-electron chi connectivity index (χ1n) is 8.65. The van der Waals surface area contributed by atoms with Gasteiger partial charge in [0, 0.05) is 10.6 Å². The van der Waals surface area contributed by atoms with Gasteiger partial charge < -0.3 is 5.32 Å². The monoisotopic (exact) mass is 402 g/mol. The Hall–Kier alpha value is -2.25. The molecular weight excluding hydrogens is 380 g/mol. The Bertz CT molecular complexity index is 912. The van der Waals surface area contributed by atoms with Crippen LogP contribution in [0.4, 0.5) is 4.79 Å². The predicted molar refractivity (Wildman–Crippen MR) is 108 cm³/mol. The van der Waals surface area contributed by atoms with Crippen LogP contribution >= 0.6 is 11.8 Å². The van der Waals surface area contributed by atoms with Crippen molar-refractivity contribution in [2.24, 2.45) is 0 Å². The molecule has 1 aliphatic rings. The number of hydrogen-bond acceptors (Lipinski definition) is 4. The van der Waals surface area contributed by atoms with Gasteiger partial charge in [0.05, 0.1) is 17.0 Å². The highest BCUT2D eigenvalue weighted by molar-refractivity contribution is 7.99. The zero-order valence-corrected chi connectivity index (χ0v) is 16.7. The zero-order chi connectivity index (χ0) is 19.4. The third-order valence-corrected chi connectivity index (χ3v) is 7.29. The molecule has 7 heteroatoms. The summed E-state index contributed by atoms with van der Waals surface area (Å²) in [5, 5.41) is 2.80. The van der Waals surface area contributed by atoms with Crippen LogP contribution in [0.3, 0.4) is 0 Å². The first-order chi connectivity index (χ1) is 12.9. The molecule has 0 bridgehead atoms. The van der Waals surface area contributed by atoms with Crippen LogP contribution in [0.15, 0.2) is 77.0 Å². The number of benzene rings is 2. The van der Waals surface area contributed by atoms with Crippen LogP contribution < -0.4 is 5.32 Å². The van der Waals surface area contributed by atoms with Crippen molar-refractivity contribution in [1.82, 2.24) is 9.62 Å². The van der Waals surface area contributed by atoms with Crippen LogP contribution in [0, 0.1) is 6.92 Å². The van der Waals surface area contributed by atoms with Gasteiger partial charge in [-0.25, -0.2) is 17.5 Å². The molecule has 0 saturated carbocycles. The lowest BCUT2D eigenvalue weighted by molar-refractivity contribution is 0.233. The summed E-state index contributed by atoms with van der Waals surface area (Å²) in [7, 11) is -3.93. The molecule has 1 N–H and O–H groups in total. The summed E-state index contributed by atoms with van der Waals surface area (Å²) in [6.07, 6.45) is 2.17. The summed E-state index contributed by atoms with van der Waals surface area (Å²) >= 11 is 1.67. The third kappa shape index (κ3) is 4.20. The number of nitrogens with zero attached hydrogens (tertiary/aromatic N) is 1. The first-order valence-corrected chi connectivity index (χ1v) is 11.1. The van der Waals surface area contributed by atoms with E-state index in [1.807, 2.05) is 37.3 Å². The minimum Gasteiger partial charge on any atom is -0.332 e. The molecule has 0 aromatic heterocycles. The van der Waals surface area contributed by atoms with Gasteiger partial charge in [0.2, 0.25) is 0 Å². The number of amides is 2. The molecule has 3 rings (SSSR count). The predicted octanol–water partition coefficient (Wildman–Crippen LogP) is 3.81. The number of carbonyl (C=O) groups is 1. The van der Waals surface area contributed by atoms with Crippen LogP contribution in [0.2, 0.25) is 0 Å². The molecular formula is C20H22N2O3S2. The maximum absolute atomic E-state index is 13.0. The van der Waals surface area contributed by atoms with Gasteiger partial charge >= 0.3 is 6.03 Å². The van der Waals surface area contributed by atoms with Gasteiger partial charge in [-0.05, 0) is 37.6 Å². The fourth-order valence-corrected chi connectivity index (χ4v) is 5.51. The number of urea groups is 1. The number of rotatable bonds is 7. The first kappa shape index (κ1) is 19.5. The molecule has 1 fully saturated rings. The van der Waals surface area contributed by atoms with E-state index < -0.39 is 22.1 Å². The van der Waals surface area contributed by atoms with E-state index in [-0.39, 0.29) is 10.9 Å². The summed E-state index contributed by atoms with van der Waals surface area (Å²) in [4.78, 5) is 13.7. The lowest BCUT2D eigenvalue weighted by Crippen LogP contribution is -2.40. The molecule has 1 saturated heterocycles. The van der Waals surface area contributed by atoms with E-state index in [1.54, 1.807) is 23.9 Å². The van der Waals surface area contributed by atoms with Gasteiger partial charge in [0.1, 0.15) is 0 Å². The molecule has 27 heavy (non-hydrogen) atoms. The Kier molecular flexibility index (Phi) is 5.92. The van der Waals surface area contributed by atoms with Crippen molar-refractivity contribution in [3.8, 4) is 0 Å². The van der Waals surface area contributed by atoms with E-state index in [0.717, 1.165) is 20.5 Å². The van der Waals surface area contributed by atoms with E-state index in [2.05, 4.69) is 11.9 Å². The highest BCUT2D eigenvalue weighted by Gasteiger charge is 2.44. The second-order valence-corrected chi connectivity index (χ2v) is 9.33. The van der Waals surface area contributed by atoms with Crippen LogP contribution in [-0.4, -0.2) is 36.6 Å². The number of nitrogens with one attached hydrogen (secondary N) is 1. The topological polar surface area (TPSA) is 66.5 Å². The molecule has 1 aliphatic heterocycles. The second kappa shape index (κ2) is 8.19. The van der Waals surface area contributed by atoms with Crippen LogP contribution in [0.5, 0.6) is 0 Å². The van der Waals surface area contributed by atoms with Gasteiger partial charge in [-0.15, -0.1) is 18.3 Å². The summed E-state index contributed by atoms with van der Waals surface area (Å²) in [6.45, 7) is 5.64. The maximum atomic E-state index is 13.0. The van der Waals surface area contributed by atoms with Crippen molar-refractivity contribution < 1.29 is 13.2 Å². The van der Waals surface area contributed by atoms with Gasteiger partial charge in [0.15, 0.2) is 0 Å². The molecule has 0 aliphatic carbocycles. The molecule has 142 valence electrons.